The zero-order chi connectivity index (χ0) is 14.9. The molecule has 1 amide bonds. The Balaban J connectivity index is 1.62. The number of rotatable bonds is 4. The van der Waals surface area contributed by atoms with Gasteiger partial charge in [0.2, 0.25) is 5.91 Å². The highest BCUT2D eigenvalue weighted by atomic mass is 79.9. The number of nitrogens with two attached hydrogens (primary N) is 1. The molecule has 2 unspecified atom stereocenters. The van der Waals surface area contributed by atoms with Gasteiger partial charge in [0.25, 0.3) is 0 Å². The molecular weight excluding hydrogens is 328 g/mol. The normalized spacial score (nSPS) is 27.1. The lowest BCUT2D eigenvalue weighted by Crippen LogP contribution is -2.46. The smallest absolute Gasteiger partial charge is 0.223 e. The summed E-state index contributed by atoms with van der Waals surface area (Å²) in [6, 6.07) is 8.76. The number of hydrogen-bond donors (Lipinski definition) is 2. The first-order chi connectivity index (χ1) is 10.1. The van der Waals surface area contributed by atoms with Crippen molar-refractivity contribution in [2.24, 2.45) is 11.7 Å². The molecule has 3 N–H and O–H groups in total. The van der Waals surface area contributed by atoms with E-state index in [1.165, 1.54) is 24.8 Å². The number of halogens is 1. The van der Waals surface area contributed by atoms with Gasteiger partial charge in [-0.05, 0) is 49.8 Å². The molecule has 4 heteroatoms. The molecule has 0 radical (unpaired) electrons. The molecule has 2 aliphatic carbocycles. The average molecular weight is 351 g/mol. The van der Waals surface area contributed by atoms with Crippen LogP contribution in [0.3, 0.4) is 0 Å². The average Bonchev–Trinajstić information content (AvgIpc) is 2.86. The van der Waals surface area contributed by atoms with E-state index in [1.54, 1.807) is 0 Å². The lowest BCUT2D eigenvalue weighted by molar-refractivity contribution is -0.125. The third-order valence-corrected chi connectivity index (χ3v) is 5.74. The van der Waals surface area contributed by atoms with Gasteiger partial charge < -0.3 is 11.1 Å². The SMILES string of the molecule is NC1CCC(C(=O)NCC2(c3ccc(Br)cc3)CCC2)C1. The van der Waals surface area contributed by atoms with Crippen LogP contribution in [0, 0.1) is 5.92 Å². The van der Waals surface area contributed by atoms with Crippen LogP contribution in [0.15, 0.2) is 28.7 Å². The Kier molecular flexibility index (Phi) is 4.36. The molecule has 2 aliphatic rings. The lowest BCUT2D eigenvalue weighted by Gasteiger charge is -2.43. The van der Waals surface area contributed by atoms with Crippen molar-refractivity contribution in [3.8, 4) is 0 Å². The maximum atomic E-state index is 12.3. The molecule has 114 valence electrons. The van der Waals surface area contributed by atoms with Crippen LogP contribution in [-0.4, -0.2) is 18.5 Å². The fraction of sp³-hybridized carbons (Fsp3) is 0.588. The third kappa shape index (κ3) is 3.16. The summed E-state index contributed by atoms with van der Waals surface area (Å²) in [5, 5.41) is 3.19. The number of carbonyl (C=O) groups is 1. The van der Waals surface area contributed by atoms with Gasteiger partial charge in [0, 0.05) is 28.4 Å². The van der Waals surface area contributed by atoms with E-state index in [0.29, 0.717) is 0 Å². The van der Waals surface area contributed by atoms with Crippen LogP contribution in [0.1, 0.15) is 44.1 Å². The van der Waals surface area contributed by atoms with Crippen LogP contribution in [0.4, 0.5) is 0 Å². The molecule has 0 heterocycles. The molecule has 0 aromatic heterocycles. The summed E-state index contributed by atoms with van der Waals surface area (Å²) >= 11 is 3.48. The van der Waals surface area contributed by atoms with Crippen molar-refractivity contribution < 1.29 is 4.79 Å². The van der Waals surface area contributed by atoms with Gasteiger partial charge in [0.1, 0.15) is 0 Å². The van der Waals surface area contributed by atoms with Crippen LogP contribution in [0.5, 0.6) is 0 Å². The van der Waals surface area contributed by atoms with Crippen molar-refractivity contribution in [2.45, 2.75) is 50.0 Å². The van der Waals surface area contributed by atoms with Gasteiger partial charge in [-0.15, -0.1) is 0 Å². The van der Waals surface area contributed by atoms with Gasteiger partial charge in [-0.3, -0.25) is 4.79 Å². The molecular formula is C17H23BrN2O. The summed E-state index contributed by atoms with van der Waals surface area (Å²) in [5.41, 5.74) is 7.40. The zero-order valence-electron chi connectivity index (χ0n) is 12.3. The number of amides is 1. The van der Waals surface area contributed by atoms with Gasteiger partial charge >= 0.3 is 0 Å². The molecule has 0 aliphatic heterocycles. The first-order valence-electron chi connectivity index (χ1n) is 7.88. The highest BCUT2D eigenvalue weighted by molar-refractivity contribution is 9.10. The molecule has 3 rings (SSSR count). The van der Waals surface area contributed by atoms with E-state index in [1.807, 2.05) is 0 Å². The van der Waals surface area contributed by atoms with Gasteiger partial charge in [-0.1, -0.05) is 34.5 Å². The molecule has 0 saturated heterocycles. The minimum atomic E-state index is 0.127. The van der Waals surface area contributed by atoms with Gasteiger partial charge in [0.15, 0.2) is 0 Å². The summed E-state index contributed by atoms with van der Waals surface area (Å²) in [5.74, 6) is 0.327. The number of hydrogen-bond acceptors (Lipinski definition) is 2. The van der Waals surface area contributed by atoms with E-state index in [0.717, 1.165) is 30.3 Å². The minimum absolute atomic E-state index is 0.127. The predicted octanol–water partition coefficient (Wildman–Crippen LogP) is 3.11. The molecule has 0 bridgehead atoms. The van der Waals surface area contributed by atoms with Crippen LogP contribution >= 0.6 is 15.9 Å². The highest BCUT2D eigenvalue weighted by Crippen LogP contribution is 2.43. The highest BCUT2D eigenvalue weighted by Gasteiger charge is 2.39. The maximum Gasteiger partial charge on any atom is 0.223 e. The zero-order valence-corrected chi connectivity index (χ0v) is 13.9. The molecule has 2 atom stereocenters. The summed E-state index contributed by atoms with van der Waals surface area (Å²) in [6.45, 7) is 0.763. The van der Waals surface area contributed by atoms with Gasteiger partial charge in [0.05, 0.1) is 0 Å². The Morgan fingerprint density at radius 3 is 2.52 bits per heavy atom. The van der Waals surface area contributed by atoms with Crippen LogP contribution in [-0.2, 0) is 10.2 Å². The van der Waals surface area contributed by atoms with Crippen molar-refractivity contribution >= 4 is 21.8 Å². The first-order valence-corrected chi connectivity index (χ1v) is 8.68. The molecule has 1 aromatic carbocycles. The molecule has 0 spiro atoms. The Labute approximate surface area is 134 Å². The number of carbonyl (C=O) groups excluding carboxylic acids is 1. The van der Waals surface area contributed by atoms with Crippen molar-refractivity contribution in [3.05, 3.63) is 34.3 Å². The topological polar surface area (TPSA) is 55.1 Å². The van der Waals surface area contributed by atoms with Crippen LogP contribution < -0.4 is 11.1 Å². The second-order valence-electron chi connectivity index (χ2n) is 6.63. The summed E-state index contributed by atoms with van der Waals surface area (Å²) in [6.07, 6.45) is 6.35. The quantitative estimate of drug-likeness (QED) is 0.876. The second-order valence-corrected chi connectivity index (χ2v) is 7.54. The maximum absolute atomic E-state index is 12.3. The lowest BCUT2D eigenvalue weighted by atomic mass is 9.64. The summed E-state index contributed by atoms with van der Waals surface area (Å²) in [7, 11) is 0. The predicted molar refractivity (Wildman–Crippen MR) is 88.0 cm³/mol. The number of nitrogens with one attached hydrogen (secondary N) is 1. The molecule has 2 fully saturated rings. The largest absolute Gasteiger partial charge is 0.355 e. The van der Waals surface area contributed by atoms with Crippen molar-refractivity contribution in [1.82, 2.24) is 5.32 Å². The van der Waals surface area contributed by atoms with Crippen LogP contribution in [0.2, 0.25) is 0 Å². The molecule has 3 nitrogen and oxygen atoms in total. The summed E-state index contributed by atoms with van der Waals surface area (Å²) < 4.78 is 1.10. The fourth-order valence-electron chi connectivity index (χ4n) is 3.63. The van der Waals surface area contributed by atoms with Crippen molar-refractivity contribution in [2.75, 3.05) is 6.54 Å². The first kappa shape index (κ1) is 15.0. The Morgan fingerprint density at radius 1 is 1.29 bits per heavy atom. The van der Waals surface area contributed by atoms with E-state index in [9.17, 15) is 4.79 Å². The minimum Gasteiger partial charge on any atom is -0.355 e. The van der Waals surface area contributed by atoms with Gasteiger partial charge in [-0.2, -0.15) is 0 Å². The Bertz CT molecular complexity index is 510. The monoisotopic (exact) mass is 350 g/mol. The van der Waals surface area contributed by atoms with E-state index in [-0.39, 0.29) is 23.3 Å². The standard InChI is InChI=1S/C17H23BrN2O/c18-14-5-3-13(4-6-14)17(8-1-9-17)11-20-16(21)12-2-7-15(19)10-12/h3-6,12,15H,1-2,7-11,19H2,(H,20,21). The van der Waals surface area contributed by atoms with Gasteiger partial charge in [-0.25, -0.2) is 0 Å². The van der Waals surface area contributed by atoms with E-state index in [4.69, 9.17) is 5.73 Å². The van der Waals surface area contributed by atoms with Crippen LogP contribution in [0.25, 0.3) is 0 Å². The third-order valence-electron chi connectivity index (χ3n) is 5.21. The fourth-order valence-corrected chi connectivity index (χ4v) is 3.89. The molecule has 2 saturated carbocycles. The van der Waals surface area contributed by atoms with E-state index in [2.05, 4.69) is 45.5 Å². The van der Waals surface area contributed by atoms with E-state index < -0.39 is 0 Å². The van der Waals surface area contributed by atoms with Crippen molar-refractivity contribution in [1.29, 1.82) is 0 Å². The second kappa shape index (κ2) is 6.09. The number of benzene rings is 1. The Morgan fingerprint density at radius 2 is 2.00 bits per heavy atom. The Hall–Kier alpha value is -0.870. The van der Waals surface area contributed by atoms with Crippen molar-refractivity contribution in [3.63, 3.8) is 0 Å². The molecule has 21 heavy (non-hydrogen) atoms. The summed E-state index contributed by atoms with van der Waals surface area (Å²) in [4.78, 5) is 12.3. The molecule has 1 aromatic rings. The van der Waals surface area contributed by atoms with E-state index >= 15 is 0 Å².